The topological polar surface area (TPSA) is 143 Å². The Kier molecular flexibility index (Phi) is 8.26. The lowest BCUT2D eigenvalue weighted by Crippen LogP contribution is -2.14. The zero-order valence-corrected chi connectivity index (χ0v) is 19.3. The van der Waals surface area contributed by atoms with Crippen molar-refractivity contribution in [3.05, 3.63) is 78.4 Å². The number of carboxylic acids is 1. The summed E-state index contributed by atoms with van der Waals surface area (Å²) in [7, 11) is -3.84. The van der Waals surface area contributed by atoms with Gasteiger partial charge in [-0.25, -0.2) is 8.42 Å². The summed E-state index contributed by atoms with van der Waals surface area (Å²) in [5, 5.41) is 16.3. The van der Waals surface area contributed by atoms with Gasteiger partial charge in [-0.15, -0.1) is 0 Å². The number of anilines is 1. The Bertz CT molecular complexity index is 1240. The summed E-state index contributed by atoms with van der Waals surface area (Å²) in [6.07, 6.45) is 2.00. The standard InChI is InChI=1S/C25H27N3O5S/c26-25(27)19-12-10-18(11-13-19)20-14-15-23(33-16-6-2-5-9-24(29)30)22(17-20)28-34(31,32)21-7-3-1-4-8-21/h1,3-4,7-8,10-15,17,28H,2,5-6,9,16H2,(H3,26,27)(H,29,30). The molecule has 0 amide bonds. The first-order chi connectivity index (χ1) is 16.3. The fourth-order valence-corrected chi connectivity index (χ4v) is 4.38. The van der Waals surface area contributed by atoms with E-state index in [-0.39, 0.29) is 17.2 Å². The maximum Gasteiger partial charge on any atom is 0.303 e. The summed E-state index contributed by atoms with van der Waals surface area (Å²) in [5.41, 5.74) is 8.00. The molecule has 0 spiro atoms. The third-order valence-electron chi connectivity index (χ3n) is 5.10. The number of nitrogens with one attached hydrogen (secondary N) is 2. The van der Waals surface area contributed by atoms with E-state index in [2.05, 4.69) is 4.72 Å². The molecule has 0 radical (unpaired) electrons. The van der Waals surface area contributed by atoms with Crippen LogP contribution < -0.4 is 15.2 Å². The second-order valence-electron chi connectivity index (χ2n) is 7.67. The Morgan fingerprint density at radius 1 is 0.941 bits per heavy atom. The van der Waals surface area contributed by atoms with E-state index >= 15 is 0 Å². The lowest BCUT2D eigenvalue weighted by atomic mass is 10.0. The summed E-state index contributed by atoms with van der Waals surface area (Å²) in [5.74, 6) is -0.484. The molecular weight excluding hydrogens is 454 g/mol. The van der Waals surface area contributed by atoms with Gasteiger partial charge in [0.2, 0.25) is 0 Å². The highest BCUT2D eigenvalue weighted by Gasteiger charge is 2.17. The zero-order chi connectivity index (χ0) is 24.6. The number of hydrogen-bond acceptors (Lipinski definition) is 5. The van der Waals surface area contributed by atoms with Crippen molar-refractivity contribution >= 4 is 27.5 Å². The van der Waals surface area contributed by atoms with E-state index in [0.717, 1.165) is 11.1 Å². The van der Waals surface area contributed by atoms with E-state index in [4.69, 9.17) is 21.0 Å². The molecule has 3 aromatic carbocycles. The highest BCUT2D eigenvalue weighted by molar-refractivity contribution is 7.92. The van der Waals surface area contributed by atoms with Gasteiger partial charge in [-0.1, -0.05) is 48.5 Å². The van der Waals surface area contributed by atoms with Gasteiger partial charge in [-0.2, -0.15) is 0 Å². The van der Waals surface area contributed by atoms with Crippen molar-refractivity contribution in [1.82, 2.24) is 0 Å². The first kappa shape index (κ1) is 24.8. The molecule has 0 unspecified atom stereocenters. The van der Waals surface area contributed by atoms with Crippen molar-refractivity contribution in [1.29, 1.82) is 5.41 Å². The summed E-state index contributed by atoms with van der Waals surface area (Å²) in [4.78, 5) is 10.8. The Labute approximate surface area is 199 Å². The van der Waals surface area contributed by atoms with Crippen LogP contribution in [0.5, 0.6) is 5.75 Å². The number of aliphatic carboxylic acids is 1. The van der Waals surface area contributed by atoms with Crippen molar-refractivity contribution in [2.75, 3.05) is 11.3 Å². The average Bonchev–Trinajstić information content (AvgIpc) is 2.82. The lowest BCUT2D eigenvalue weighted by Gasteiger charge is -2.16. The number of carbonyl (C=O) groups is 1. The number of amidine groups is 1. The maximum atomic E-state index is 12.9. The third kappa shape index (κ3) is 6.82. The predicted molar refractivity (Wildman–Crippen MR) is 132 cm³/mol. The highest BCUT2D eigenvalue weighted by atomic mass is 32.2. The second kappa shape index (κ2) is 11.3. The van der Waals surface area contributed by atoms with E-state index in [0.29, 0.717) is 42.9 Å². The van der Waals surface area contributed by atoms with Crippen molar-refractivity contribution < 1.29 is 23.1 Å². The van der Waals surface area contributed by atoms with Crippen LogP contribution in [-0.2, 0) is 14.8 Å². The van der Waals surface area contributed by atoms with Crippen LogP contribution in [0.25, 0.3) is 11.1 Å². The third-order valence-corrected chi connectivity index (χ3v) is 6.48. The van der Waals surface area contributed by atoms with Crippen molar-refractivity contribution in [2.24, 2.45) is 5.73 Å². The molecule has 34 heavy (non-hydrogen) atoms. The molecule has 178 valence electrons. The van der Waals surface area contributed by atoms with E-state index in [1.54, 1.807) is 42.5 Å². The zero-order valence-electron chi connectivity index (χ0n) is 18.5. The number of ether oxygens (including phenoxy) is 1. The van der Waals surface area contributed by atoms with Gasteiger partial charge in [0.25, 0.3) is 10.0 Å². The van der Waals surface area contributed by atoms with Crippen LogP contribution in [0.4, 0.5) is 5.69 Å². The van der Waals surface area contributed by atoms with Crippen LogP contribution in [0.1, 0.15) is 31.2 Å². The second-order valence-corrected chi connectivity index (χ2v) is 9.36. The van der Waals surface area contributed by atoms with Crippen molar-refractivity contribution in [3.63, 3.8) is 0 Å². The molecule has 0 aliphatic rings. The van der Waals surface area contributed by atoms with Gasteiger partial charge in [0.15, 0.2) is 0 Å². The molecule has 3 aromatic rings. The summed E-state index contributed by atoms with van der Waals surface area (Å²) >= 11 is 0. The summed E-state index contributed by atoms with van der Waals surface area (Å²) in [6, 6.07) is 20.4. The molecule has 0 aliphatic carbocycles. The van der Waals surface area contributed by atoms with E-state index < -0.39 is 16.0 Å². The Hall–Kier alpha value is -3.85. The van der Waals surface area contributed by atoms with Crippen molar-refractivity contribution in [3.8, 4) is 16.9 Å². The molecule has 9 heteroatoms. The molecule has 0 aromatic heterocycles. The van der Waals surface area contributed by atoms with Gasteiger partial charge in [0.05, 0.1) is 17.2 Å². The van der Waals surface area contributed by atoms with Crippen LogP contribution in [0.15, 0.2) is 77.7 Å². The molecule has 3 rings (SSSR count). The number of carboxylic acid groups (broad SMARTS) is 1. The van der Waals surface area contributed by atoms with Gasteiger partial charge >= 0.3 is 5.97 Å². The van der Waals surface area contributed by atoms with Crippen LogP contribution in [0, 0.1) is 5.41 Å². The van der Waals surface area contributed by atoms with E-state index in [9.17, 15) is 13.2 Å². The van der Waals surface area contributed by atoms with Crippen molar-refractivity contribution in [2.45, 2.75) is 30.6 Å². The van der Waals surface area contributed by atoms with Crippen LogP contribution in [-0.4, -0.2) is 31.9 Å². The molecule has 0 bridgehead atoms. The van der Waals surface area contributed by atoms with Crippen LogP contribution in [0.2, 0.25) is 0 Å². The molecule has 8 nitrogen and oxygen atoms in total. The van der Waals surface area contributed by atoms with Gasteiger partial charge in [-0.3, -0.25) is 14.9 Å². The first-order valence-corrected chi connectivity index (χ1v) is 12.3. The quantitative estimate of drug-likeness (QED) is 0.171. The number of sulfonamides is 1. The molecule has 0 saturated heterocycles. The van der Waals surface area contributed by atoms with Crippen LogP contribution >= 0.6 is 0 Å². The minimum atomic E-state index is -3.84. The molecular formula is C25H27N3O5S. The Balaban J connectivity index is 1.84. The molecule has 0 aliphatic heterocycles. The minimum Gasteiger partial charge on any atom is -0.491 e. The predicted octanol–water partition coefficient (Wildman–Crippen LogP) is 4.46. The summed E-state index contributed by atoms with van der Waals surface area (Å²) < 4.78 is 34.4. The first-order valence-electron chi connectivity index (χ1n) is 10.8. The smallest absolute Gasteiger partial charge is 0.303 e. The van der Waals surface area contributed by atoms with Gasteiger partial charge in [0.1, 0.15) is 11.6 Å². The molecule has 0 atom stereocenters. The van der Waals surface area contributed by atoms with Crippen LogP contribution in [0.3, 0.4) is 0 Å². The largest absolute Gasteiger partial charge is 0.491 e. The molecule has 0 heterocycles. The van der Waals surface area contributed by atoms with Gasteiger partial charge < -0.3 is 15.6 Å². The van der Waals surface area contributed by atoms with E-state index in [1.165, 1.54) is 12.1 Å². The normalized spacial score (nSPS) is 11.1. The number of hydrogen-bond donors (Lipinski definition) is 4. The Morgan fingerprint density at radius 3 is 2.26 bits per heavy atom. The Morgan fingerprint density at radius 2 is 1.62 bits per heavy atom. The summed E-state index contributed by atoms with van der Waals surface area (Å²) in [6.45, 7) is 0.326. The fourth-order valence-electron chi connectivity index (χ4n) is 3.30. The number of benzene rings is 3. The minimum absolute atomic E-state index is 0.0324. The maximum absolute atomic E-state index is 12.9. The van der Waals surface area contributed by atoms with Gasteiger partial charge in [0, 0.05) is 12.0 Å². The number of nitrogen functional groups attached to an aromatic ring is 1. The lowest BCUT2D eigenvalue weighted by molar-refractivity contribution is -0.137. The SMILES string of the molecule is N=C(N)c1ccc(-c2ccc(OCCCCCC(=O)O)c(NS(=O)(=O)c3ccccc3)c2)cc1. The van der Waals surface area contributed by atoms with E-state index in [1.807, 2.05) is 18.2 Å². The molecule has 5 N–H and O–H groups in total. The number of unbranched alkanes of at least 4 members (excludes halogenated alkanes) is 2. The highest BCUT2D eigenvalue weighted by Crippen LogP contribution is 2.33. The molecule has 0 fully saturated rings. The molecule has 0 saturated carbocycles. The number of rotatable bonds is 12. The monoisotopic (exact) mass is 481 g/mol. The number of nitrogens with two attached hydrogens (primary N) is 1. The van der Waals surface area contributed by atoms with Gasteiger partial charge in [-0.05, 0) is 54.7 Å². The average molecular weight is 482 g/mol. The fraction of sp³-hybridized carbons (Fsp3) is 0.200.